The van der Waals surface area contributed by atoms with E-state index in [1.807, 2.05) is 30.3 Å². The SMILES string of the molecule is CN(C(=O)[C@@H](N)Cc1ccccc1)[C@H](C=O)CCCN. The van der Waals surface area contributed by atoms with Crippen molar-refractivity contribution < 1.29 is 9.59 Å². The van der Waals surface area contributed by atoms with Crippen molar-refractivity contribution >= 4 is 12.2 Å². The van der Waals surface area contributed by atoms with Crippen molar-refractivity contribution in [3.8, 4) is 0 Å². The first-order chi connectivity index (χ1) is 9.60. The number of hydrogen-bond donors (Lipinski definition) is 2. The largest absolute Gasteiger partial charge is 0.335 e. The summed E-state index contributed by atoms with van der Waals surface area (Å²) in [5.74, 6) is -0.219. The van der Waals surface area contributed by atoms with Crippen LogP contribution in [0.5, 0.6) is 0 Å². The molecule has 1 rings (SSSR count). The monoisotopic (exact) mass is 277 g/mol. The lowest BCUT2D eigenvalue weighted by molar-refractivity contribution is -0.136. The quantitative estimate of drug-likeness (QED) is 0.670. The molecular formula is C15H23N3O2. The highest BCUT2D eigenvalue weighted by atomic mass is 16.2. The molecule has 0 saturated heterocycles. The molecule has 5 nitrogen and oxygen atoms in total. The molecule has 2 atom stereocenters. The van der Waals surface area contributed by atoms with Crippen LogP contribution in [-0.2, 0) is 16.0 Å². The molecule has 0 aliphatic heterocycles. The summed E-state index contributed by atoms with van der Waals surface area (Å²) < 4.78 is 0. The number of rotatable bonds is 8. The van der Waals surface area contributed by atoms with Gasteiger partial charge in [0.1, 0.15) is 6.29 Å². The third-order valence-corrected chi connectivity index (χ3v) is 3.32. The predicted molar refractivity (Wildman–Crippen MR) is 79.0 cm³/mol. The molecule has 0 aliphatic carbocycles. The Morgan fingerprint density at radius 1 is 1.35 bits per heavy atom. The van der Waals surface area contributed by atoms with Crippen molar-refractivity contribution in [3.05, 3.63) is 35.9 Å². The van der Waals surface area contributed by atoms with Crippen LogP contribution in [0.15, 0.2) is 30.3 Å². The van der Waals surface area contributed by atoms with Crippen LogP contribution < -0.4 is 11.5 Å². The molecule has 5 heteroatoms. The average molecular weight is 277 g/mol. The number of aldehydes is 1. The Morgan fingerprint density at radius 2 is 2.00 bits per heavy atom. The van der Waals surface area contributed by atoms with E-state index in [9.17, 15) is 9.59 Å². The van der Waals surface area contributed by atoms with Gasteiger partial charge in [0, 0.05) is 7.05 Å². The zero-order valence-electron chi connectivity index (χ0n) is 11.9. The average Bonchev–Trinajstić information content (AvgIpc) is 2.48. The Morgan fingerprint density at radius 3 is 2.55 bits per heavy atom. The zero-order chi connectivity index (χ0) is 15.0. The minimum atomic E-state index is -0.636. The normalized spacial score (nSPS) is 13.6. The first-order valence-electron chi connectivity index (χ1n) is 6.81. The van der Waals surface area contributed by atoms with Gasteiger partial charge >= 0.3 is 0 Å². The highest BCUT2D eigenvalue weighted by molar-refractivity contribution is 5.84. The second-order valence-corrected chi connectivity index (χ2v) is 4.88. The number of amides is 1. The van der Waals surface area contributed by atoms with E-state index in [-0.39, 0.29) is 5.91 Å². The first-order valence-corrected chi connectivity index (χ1v) is 6.81. The molecule has 0 aromatic heterocycles. The van der Waals surface area contributed by atoms with Crippen molar-refractivity contribution in [1.29, 1.82) is 0 Å². The van der Waals surface area contributed by atoms with Gasteiger partial charge in [-0.15, -0.1) is 0 Å². The fourth-order valence-electron chi connectivity index (χ4n) is 2.06. The van der Waals surface area contributed by atoms with Gasteiger partial charge in [-0.05, 0) is 31.4 Å². The standard InChI is InChI=1S/C15H23N3O2/c1-18(13(11-19)8-5-9-16)15(20)14(17)10-12-6-3-2-4-7-12/h2-4,6-7,11,13-14H,5,8-10,16-17H2,1H3/t13-,14-/m0/s1. The summed E-state index contributed by atoms with van der Waals surface area (Å²) in [6, 6.07) is 8.50. The van der Waals surface area contributed by atoms with Crippen LogP contribution in [-0.4, -0.2) is 42.8 Å². The van der Waals surface area contributed by atoms with Gasteiger partial charge in [0.05, 0.1) is 12.1 Å². The van der Waals surface area contributed by atoms with Gasteiger partial charge < -0.3 is 21.2 Å². The van der Waals surface area contributed by atoms with E-state index >= 15 is 0 Å². The Bertz CT molecular complexity index is 422. The molecular weight excluding hydrogens is 254 g/mol. The van der Waals surface area contributed by atoms with E-state index in [4.69, 9.17) is 11.5 Å². The summed E-state index contributed by atoms with van der Waals surface area (Å²) in [5.41, 5.74) is 12.4. The number of carbonyl (C=O) groups excluding carboxylic acids is 2. The first kappa shape index (κ1) is 16.3. The topological polar surface area (TPSA) is 89.4 Å². The summed E-state index contributed by atoms with van der Waals surface area (Å²) >= 11 is 0. The Hall–Kier alpha value is -1.72. The molecule has 20 heavy (non-hydrogen) atoms. The van der Waals surface area contributed by atoms with Crippen molar-refractivity contribution in [3.63, 3.8) is 0 Å². The molecule has 0 unspecified atom stereocenters. The van der Waals surface area contributed by atoms with E-state index in [0.717, 1.165) is 11.8 Å². The summed E-state index contributed by atoms with van der Waals surface area (Å²) in [7, 11) is 1.61. The van der Waals surface area contributed by atoms with Crippen molar-refractivity contribution in [2.24, 2.45) is 11.5 Å². The lowest BCUT2D eigenvalue weighted by atomic mass is 10.0. The molecule has 0 spiro atoms. The second kappa shape index (κ2) is 8.45. The molecule has 4 N–H and O–H groups in total. The summed E-state index contributed by atoms with van der Waals surface area (Å²) in [5, 5.41) is 0. The highest BCUT2D eigenvalue weighted by Gasteiger charge is 2.24. The Kier molecular flexibility index (Phi) is 6.90. The molecule has 110 valence electrons. The summed E-state index contributed by atoms with van der Waals surface area (Å²) in [6.45, 7) is 0.502. The summed E-state index contributed by atoms with van der Waals surface area (Å²) in [4.78, 5) is 24.7. The number of hydrogen-bond acceptors (Lipinski definition) is 4. The smallest absolute Gasteiger partial charge is 0.240 e. The van der Waals surface area contributed by atoms with Gasteiger partial charge in [-0.3, -0.25) is 4.79 Å². The van der Waals surface area contributed by atoms with Crippen molar-refractivity contribution in [1.82, 2.24) is 4.90 Å². The van der Waals surface area contributed by atoms with Gasteiger partial charge in [0.2, 0.25) is 5.91 Å². The highest BCUT2D eigenvalue weighted by Crippen LogP contribution is 2.08. The minimum Gasteiger partial charge on any atom is -0.335 e. The van der Waals surface area contributed by atoms with Gasteiger partial charge in [-0.1, -0.05) is 30.3 Å². The molecule has 1 amide bonds. The molecule has 0 saturated carbocycles. The number of nitrogens with zero attached hydrogens (tertiary/aromatic N) is 1. The van der Waals surface area contributed by atoms with Crippen LogP contribution in [0.2, 0.25) is 0 Å². The zero-order valence-corrected chi connectivity index (χ0v) is 11.9. The Labute approximate surface area is 119 Å². The molecule has 0 heterocycles. The van der Waals surface area contributed by atoms with Crippen molar-refractivity contribution in [2.75, 3.05) is 13.6 Å². The fraction of sp³-hybridized carbons (Fsp3) is 0.467. The van der Waals surface area contributed by atoms with Gasteiger partial charge in [-0.2, -0.15) is 0 Å². The number of nitrogens with two attached hydrogens (primary N) is 2. The molecule has 0 radical (unpaired) electrons. The van der Waals surface area contributed by atoms with Crippen LogP contribution >= 0.6 is 0 Å². The number of likely N-dealkylation sites (N-methyl/N-ethyl adjacent to an activating group) is 1. The third-order valence-electron chi connectivity index (χ3n) is 3.32. The maximum Gasteiger partial charge on any atom is 0.240 e. The van der Waals surface area contributed by atoms with E-state index in [0.29, 0.717) is 25.8 Å². The van der Waals surface area contributed by atoms with Gasteiger partial charge in [0.25, 0.3) is 0 Å². The van der Waals surface area contributed by atoms with Crippen LogP contribution in [0.3, 0.4) is 0 Å². The Balaban J connectivity index is 2.60. The molecule has 1 aromatic carbocycles. The summed E-state index contributed by atoms with van der Waals surface area (Å²) in [6.07, 6.45) is 2.52. The van der Waals surface area contributed by atoms with E-state index < -0.39 is 12.1 Å². The third kappa shape index (κ3) is 4.75. The van der Waals surface area contributed by atoms with E-state index in [1.165, 1.54) is 4.90 Å². The van der Waals surface area contributed by atoms with Crippen LogP contribution in [0.4, 0.5) is 0 Å². The second-order valence-electron chi connectivity index (χ2n) is 4.88. The van der Waals surface area contributed by atoms with Crippen molar-refractivity contribution in [2.45, 2.75) is 31.3 Å². The van der Waals surface area contributed by atoms with Crippen LogP contribution in [0.1, 0.15) is 18.4 Å². The lowest BCUT2D eigenvalue weighted by Crippen LogP contribution is -2.48. The molecule has 0 bridgehead atoms. The maximum absolute atomic E-state index is 12.2. The molecule has 0 aliphatic rings. The molecule has 1 aromatic rings. The van der Waals surface area contributed by atoms with Crippen LogP contribution in [0, 0.1) is 0 Å². The number of benzene rings is 1. The number of carbonyl (C=O) groups is 2. The minimum absolute atomic E-state index is 0.219. The van der Waals surface area contributed by atoms with E-state index in [2.05, 4.69) is 0 Å². The fourth-order valence-corrected chi connectivity index (χ4v) is 2.06. The maximum atomic E-state index is 12.2. The molecule has 0 fully saturated rings. The predicted octanol–water partition coefficient (Wildman–Crippen LogP) is 0.321. The lowest BCUT2D eigenvalue weighted by Gasteiger charge is -2.26. The van der Waals surface area contributed by atoms with Crippen LogP contribution in [0.25, 0.3) is 0 Å². The van der Waals surface area contributed by atoms with Gasteiger partial charge in [0.15, 0.2) is 0 Å². The van der Waals surface area contributed by atoms with E-state index in [1.54, 1.807) is 7.05 Å². The van der Waals surface area contributed by atoms with Gasteiger partial charge in [-0.25, -0.2) is 0 Å².